The Balaban J connectivity index is 2.65. The second kappa shape index (κ2) is 5.52. The van der Waals surface area contributed by atoms with Crippen molar-refractivity contribution in [1.29, 1.82) is 0 Å². The Hall–Kier alpha value is -0.340. The molecule has 14 heavy (non-hydrogen) atoms. The number of rotatable bonds is 5. The topological polar surface area (TPSA) is 38.0 Å². The minimum Gasteiger partial charge on any atom is -0.329 e. The molecule has 2 atom stereocenters. The quantitative estimate of drug-likeness (QED) is 0.661. The van der Waals surface area contributed by atoms with Crippen molar-refractivity contribution in [2.75, 3.05) is 13.1 Å². The summed E-state index contributed by atoms with van der Waals surface area (Å²) in [4.78, 5) is 0. The minimum absolute atomic E-state index is 0.196. The maximum absolute atomic E-state index is 5.95. The molecule has 1 saturated carbocycles. The molecule has 1 fully saturated rings. The number of nitrogens with two attached hydrogens (primary N) is 1. The van der Waals surface area contributed by atoms with Gasteiger partial charge in [0.05, 0.1) is 0 Å². The summed E-state index contributed by atoms with van der Waals surface area (Å²) in [6.45, 7) is 7.68. The molecule has 0 aromatic rings. The van der Waals surface area contributed by atoms with E-state index in [4.69, 9.17) is 5.73 Å². The van der Waals surface area contributed by atoms with E-state index in [1.54, 1.807) is 0 Å². The molecule has 0 aliphatic heterocycles. The van der Waals surface area contributed by atoms with Gasteiger partial charge in [0.1, 0.15) is 0 Å². The largest absolute Gasteiger partial charge is 0.329 e. The summed E-state index contributed by atoms with van der Waals surface area (Å²) < 4.78 is 0. The molecule has 0 bridgehead atoms. The lowest BCUT2D eigenvalue weighted by molar-refractivity contribution is 0.149. The van der Waals surface area contributed by atoms with E-state index in [9.17, 15) is 0 Å². The smallest absolute Gasteiger partial charge is 0.0334 e. The van der Waals surface area contributed by atoms with Crippen molar-refractivity contribution in [2.24, 2.45) is 11.7 Å². The van der Waals surface area contributed by atoms with Gasteiger partial charge in [-0.15, -0.1) is 6.58 Å². The third-order valence-corrected chi connectivity index (χ3v) is 3.66. The van der Waals surface area contributed by atoms with Crippen molar-refractivity contribution in [3.8, 4) is 0 Å². The molecule has 1 aliphatic carbocycles. The maximum Gasteiger partial charge on any atom is 0.0334 e. The highest BCUT2D eigenvalue weighted by Gasteiger charge is 2.37. The molecule has 0 aromatic heterocycles. The van der Waals surface area contributed by atoms with Crippen LogP contribution in [-0.2, 0) is 0 Å². The summed E-state index contributed by atoms with van der Waals surface area (Å²) in [5.41, 5.74) is 6.14. The Morgan fingerprint density at radius 2 is 2.36 bits per heavy atom. The van der Waals surface area contributed by atoms with E-state index in [0.717, 1.165) is 19.0 Å². The number of hydrogen-bond donors (Lipinski definition) is 2. The Kier molecular flexibility index (Phi) is 4.63. The zero-order valence-electron chi connectivity index (χ0n) is 9.39. The number of nitrogens with one attached hydrogen (secondary N) is 1. The van der Waals surface area contributed by atoms with Gasteiger partial charge in [-0.2, -0.15) is 0 Å². The molecule has 2 unspecified atom stereocenters. The van der Waals surface area contributed by atoms with Crippen LogP contribution in [0.1, 0.15) is 39.0 Å². The first kappa shape index (κ1) is 11.7. The van der Waals surface area contributed by atoms with Gasteiger partial charge in [0.15, 0.2) is 0 Å². The van der Waals surface area contributed by atoms with Crippen LogP contribution in [0.5, 0.6) is 0 Å². The second-order valence-corrected chi connectivity index (χ2v) is 4.38. The molecule has 0 saturated heterocycles. The fourth-order valence-electron chi connectivity index (χ4n) is 2.76. The van der Waals surface area contributed by atoms with Gasteiger partial charge in [-0.3, -0.25) is 0 Å². The van der Waals surface area contributed by atoms with E-state index in [1.165, 1.54) is 32.1 Å². The Bertz CT molecular complexity index is 179. The van der Waals surface area contributed by atoms with Crippen molar-refractivity contribution < 1.29 is 0 Å². The molecule has 0 heterocycles. The molecule has 0 amide bonds. The summed E-state index contributed by atoms with van der Waals surface area (Å²) in [5, 5.41) is 3.59. The average molecular weight is 196 g/mol. The van der Waals surface area contributed by atoms with Crippen molar-refractivity contribution in [2.45, 2.75) is 44.6 Å². The highest BCUT2D eigenvalue weighted by molar-refractivity contribution is 4.98. The minimum atomic E-state index is 0.196. The van der Waals surface area contributed by atoms with Crippen LogP contribution < -0.4 is 11.1 Å². The van der Waals surface area contributed by atoms with Crippen LogP contribution in [0, 0.1) is 5.92 Å². The van der Waals surface area contributed by atoms with E-state index in [0.29, 0.717) is 0 Å². The van der Waals surface area contributed by atoms with E-state index in [2.05, 4.69) is 18.8 Å². The molecule has 82 valence electrons. The summed E-state index contributed by atoms with van der Waals surface area (Å²) in [6, 6.07) is 0. The lowest BCUT2D eigenvalue weighted by atomic mass is 9.71. The molecular formula is C12H24N2. The number of hydrogen-bond acceptors (Lipinski definition) is 2. The predicted molar refractivity (Wildman–Crippen MR) is 62.2 cm³/mol. The molecule has 1 rings (SSSR count). The van der Waals surface area contributed by atoms with Crippen molar-refractivity contribution in [1.82, 2.24) is 5.32 Å². The molecule has 0 radical (unpaired) electrons. The highest BCUT2D eigenvalue weighted by Crippen LogP contribution is 2.35. The van der Waals surface area contributed by atoms with Crippen LogP contribution in [-0.4, -0.2) is 18.6 Å². The van der Waals surface area contributed by atoms with Crippen molar-refractivity contribution >= 4 is 0 Å². The van der Waals surface area contributed by atoms with Crippen LogP contribution >= 0.6 is 0 Å². The molecule has 3 N–H and O–H groups in total. The van der Waals surface area contributed by atoms with Crippen molar-refractivity contribution in [3.63, 3.8) is 0 Å². The normalized spacial score (nSPS) is 32.9. The molecule has 1 aliphatic rings. The van der Waals surface area contributed by atoms with Gasteiger partial charge in [-0.25, -0.2) is 0 Å². The van der Waals surface area contributed by atoms with Gasteiger partial charge in [-0.1, -0.05) is 32.3 Å². The fraction of sp³-hybridized carbons (Fsp3) is 0.833. The predicted octanol–water partition coefficient (Wildman–Crippen LogP) is 2.06. The van der Waals surface area contributed by atoms with Crippen LogP contribution in [0.3, 0.4) is 0 Å². The standard InChI is InChI=1S/C12H24N2/c1-3-9-14-12(10-13)8-6-5-7-11(12)4-2/h3,11,14H,1,4-10,13H2,2H3. The van der Waals surface area contributed by atoms with Gasteiger partial charge in [0.25, 0.3) is 0 Å². The van der Waals surface area contributed by atoms with Gasteiger partial charge >= 0.3 is 0 Å². The monoisotopic (exact) mass is 196 g/mol. The highest BCUT2D eigenvalue weighted by atomic mass is 15.0. The Morgan fingerprint density at radius 3 is 2.93 bits per heavy atom. The fourth-order valence-corrected chi connectivity index (χ4v) is 2.76. The molecule has 2 nitrogen and oxygen atoms in total. The lowest BCUT2D eigenvalue weighted by Gasteiger charge is -2.44. The van der Waals surface area contributed by atoms with E-state index in [-0.39, 0.29) is 5.54 Å². The van der Waals surface area contributed by atoms with E-state index < -0.39 is 0 Å². The summed E-state index contributed by atoms with van der Waals surface area (Å²) in [7, 11) is 0. The van der Waals surface area contributed by atoms with Crippen LogP contribution in [0.2, 0.25) is 0 Å². The SMILES string of the molecule is C=CCNC1(CN)CCCCC1CC. The van der Waals surface area contributed by atoms with Crippen molar-refractivity contribution in [3.05, 3.63) is 12.7 Å². The maximum atomic E-state index is 5.95. The lowest BCUT2D eigenvalue weighted by Crippen LogP contribution is -2.57. The molecular weight excluding hydrogens is 172 g/mol. The molecule has 0 spiro atoms. The summed E-state index contributed by atoms with van der Waals surface area (Å²) in [6.07, 6.45) is 8.42. The zero-order chi connectivity index (χ0) is 10.4. The third kappa shape index (κ3) is 2.37. The first-order valence-corrected chi connectivity index (χ1v) is 5.85. The van der Waals surface area contributed by atoms with Crippen LogP contribution in [0.15, 0.2) is 12.7 Å². The van der Waals surface area contributed by atoms with Crippen LogP contribution in [0.25, 0.3) is 0 Å². The first-order chi connectivity index (χ1) is 6.79. The second-order valence-electron chi connectivity index (χ2n) is 4.38. The van der Waals surface area contributed by atoms with E-state index >= 15 is 0 Å². The van der Waals surface area contributed by atoms with E-state index in [1.807, 2.05) is 6.08 Å². The summed E-state index contributed by atoms with van der Waals surface area (Å²) >= 11 is 0. The van der Waals surface area contributed by atoms with Gasteiger partial charge in [0, 0.05) is 18.6 Å². The Labute approximate surface area is 87.9 Å². The van der Waals surface area contributed by atoms with Gasteiger partial charge in [-0.05, 0) is 18.8 Å². The summed E-state index contributed by atoms with van der Waals surface area (Å²) in [5.74, 6) is 0.751. The molecule has 2 heteroatoms. The van der Waals surface area contributed by atoms with Gasteiger partial charge in [0.2, 0.25) is 0 Å². The van der Waals surface area contributed by atoms with Crippen LogP contribution in [0.4, 0.5) is 0 Å². The first-order valence-electron chi connectivity index (χ1n) is 5.85. The Morgan fingerprint density at radius 1 is 1.57 bits per heavy atom. The average Bonchev–Trinajstić information content (AvgIpc) is 2.26. The molecule has 0 aromatic carbocycles. The van der Waals surface area contributed by atoms with Gasteiger partial charge < -0.3 is 11.1 Å². The third-order valence-electron chi connectivity index (χ3n) is 3.66. The zero-order valence-corrected chi connectivity index (χ0v) is 9.39.